The Morgan fingerprint density at radius 1 is 1.19 bits per heavy atom. The Bertz CT molecular complexity index is 656. The van der Waals surface area contributed by atoms with E-state index in [9.17, 15) is 9.59 Å². The van der Waals surface area contributed by atoms with Crippen LogP contribution in [0.1, 0.15) is 31.2 Å². The zero-order chi connectivity index (χ0) is 15.0. The highest BCUT2D eigenvalue weighted by Crippen LogP contribution is 2.32. The summed E-state index contributed by atoms with van der Waals surface area (Å²) in [5.41, 5.74) is 9.21. The predicted molar refractivity (Wildman–Crippen MR) is 81.8 cm³/mol. The first-order chi connectivity index (χ1) is 10.1. The van der Waals surface area contributed by atoms with Crippen molar-refractivity contribution in [3.05, 3.63) is 53.1 Å². The molecule has 1 heterocycles. The van der Waals surface area contributed by atoms with Gasteiger partial charge in [0, 0.05) is 17.8 Å². The van der Waals surface area contributed by atoms with Gasteiger partial charge in [0.15, 0.2) is 0 Å². The Hall–Kier alpha value is -2.36. The third kappa shape index (κ3) is 2.37. The highest BCUT2D eigenvalue weighted by Gasteiger charge is 2.30. The molecule has 21 heavy (non-hydrogen) atoms. The first-order valence-electron chi connectivity index (χ1n) is 7.15. The van der Waals surface area contributed by atoms with E-state index in [0.717, 1.165) is 29.7 Å². The Morgan fingerprint density at radius 3 is 2.48 bits per heavy atom. The van der Waals surface area contributed by atoms with Gasteiger partial charge in [-0.05, 0) is 43.0 Å². The van der Waals surface area contributed by atoms with Crippen molar-refractivity contribution in [3.8, 4) is 0 Å². The maximum absolute atomic E-state index is 12.4. The van der Waals surface area contributed by atoms with E-state index < -0.39 is 0 Å². The number of carbonyl (C=O) groups is 2. The lowest BCUT2D eigenvalue weighted by atomic mass is 10.00. The molecule has 1 unspecified atom stereocenters. The van der Waals surface area contributed by atoms with Gasteiger partial charge in [0.2, 0.25) is 5.91 Å². The highest BCUT2D eigenvalue weighted by molar-refractivity contribution is 6.09. The summed E-state index contributed by atoms with van der Waals surface area (Å²) in [5.74, 6) is -0.558. The highest BCUT2D eigenvalue weighted by atomic mass is 16.2. The van der Waals surface area contributed by atoms with Gasteiger partial charge in [0.25, 0.3) is 5.91 Å². The van der Waals surface area contributed by atoms with Crippen molar-refractivity contribution in [1.29, 1.82) is 0 Å². The molecule has 4 heteroatoms. The number of allylic oxidation sites excluding steroid dienone is 2. The summed E-state index contributed by atoms with van der Waals surface area (Å²) in [6, 6.07) is 7.51. The Labute approximate surface area is 123 Å². The van der Waals surface area contributed by atoms with E-state index in [2.05, 4.69) is 12.2 Å². The fourth-order valence-corrected chi connectivity index (χ4v) is 2.83. The molecular formula is C17H18N2O2. The van der Waals surface area contributed by atoms with Crippen LogP contribution in [0.15, 0.2) is 47.6 Å². The molecule has 1 aliphatic carbocycles. The van der Waals surface area contributed by atoms with Crippen molar-refractivity contribution in [2.75, 3.05) is 11.4 Å². The predicted octanol–water partition coefficient (Wildman–Crippen LogP) is 2.27. The number of primary amides is 1. The zero-order valence-electron chi connectivity index (χ0n) is 12.0. The molecule has 1 aromatic carbocycles. The van der Waals surface area contributed by atoms with Gasteiger partial charge in [-0.15, -0.1) is 0 Å². The number of amides is 2. The van der Waals surface area contributed by atoms with E-state index in [4.69, 9.17) is 5.73 Å². The minimum absolute atomic E-state index is 0.102. The minimum Gasteiger partial charge on any atom is -0.369 e. The molecule has 0 saturated heterocycles. The van der Waals surface area contributed by atoms with E-state index in [1.165, 1.54) is 5.57 Å². The molecule has 0 saturated carbocycles. The van der Waals surface area contributed by atoms with Gasteiger partial charge in [0.05, 0.1) is 5.92 Å². The molecule has 1 aliphatic heterocycles. The van der Waals surface area contributed by atoms with Crippen molar-refractivity contribution in [1.82, 2.24) is 0 Å². The number of carbonyl (C=O) groups excluding carboxylic acids is 2. The molecule has 1 atom stereocenters. The molecule has 0 fully saturated rings. The van der Waals surface area contributed by atoms with Gasteiger partial charge in [-0.3, -0.25) is 9.59 Å². The van der Waals surface area contributed by atoms with Gasteiger partial charge in [-0.2, -0.15) is 0 Å². The second-order valence-corrected chi connectivity index (χ2v) is 5.57. The number of anilines is 1. The van der Waals surface area contributed by atoms with Gasteiger partial charge < -0.3 is 10.6 Å². The van der Waals surface area contributed by atoms with Crippen molar-refractivity contribution in [2.24, 2.45) is 5.73 Å². The first-order valence-corrected chi connectivity index (χ1v) is 7.15. The van der Waals surface area contributed by atoms with Crippen LogP contribution < -0.4 is 10.6 Å². The molecule has 0 aromatic heterocycles. The summed E-state index contributed by atoms with van der Waals surface area (Å²) < 4.78 is 0. The summed E-state index contributed by atoms with van der Waals surface area (Å²) in [6.45, 7) is 2.45. The van der Waals surface area contributed by atoms with Crippen LogP contribution in [-0.2, 0) is 9.59 Å². The van der Waals surface area contributed by atoms with Crippen molar-refractivity contribution >= 4 is 17.5 Å². The number of benzene rings is 1. The third-order valence-corrected chi connectivity index (χ3v) is 4.26. The van der Waals surface area contributed by atoms with Crippen molar-refractivity contribution in [2.45, 2.75) is 25.7 Å². The number of hydrogen-bond acceptors (Lipinski definition) is 2. The lowest BCUT2D eigenvalue weighted by molar-refractivity contribution is -0.119. The van der Waals surface area contributed by atoms with E-state index >= 15 is 0 Å². The number of nitrogens with zero attached hydrogens (tertiary/aromatic N) is 1. The minimum atomic E-state index is -0.344. The van der Waals surface area contributed by atoms with Crippen LogP contribution >= 0.6 is 0 Å². The summed E-state index contributed by atoms with van der Waals surface area (Å²) in [7, 11) is 0. The van der Waals surface area contributed by atoms with Crippen molar-refractivity contribution in [3.63, 3.8) is 0 Å². The SMILES string of the molecule is CC(C(N)=O)c1ccc(N2CC3=C(CC=CC3)C2=O)cc1. The van der Waals surface area contributed by atoms with Crippen LogP contribution in [0, 0.1) is 0 Å². The standard InChI is InChI=1S/C17H18N2O2/c1-11(16(18)20)12-6-8-14(9-7-12)19-10-13-4-2-3-5-15(13)17(19)21/h2-3,6-9,11H,4-5,10H2,1H3,(H2,18,20). The second-order valence-electron chi connectivity index (χ2n) is 5.57. The fourth-order valence-electron chi connectivity index (χ4n) is 2.83. The summed E-state index contributed by atoms with van der Waals surface area (Å²) in [5, 5.41) is 0. The molecule has 2 amide bonds. The van der Waals surface area contributed by atoms with Crippen LogP contribution in [0.3, 0.4) is 0 Å². The maximum atomic E-state index is 12.4. The van der Waals surface area contributed by atoms with Crippen molar-refractivity contribution < 1.29 is 9.59 Å². The normalized spacial score (nSPS) is 18.9. The molecule has 0 radical (unpaired) electrons. The smallest absolute Gasteiger partial charge is 0.254 e. The lowest BCUT2D eigenvalue weighted by Gasteiger charge is -2.18. The largest absolute Gasteiger partial charge is 0.369 e. The second kappa shape index (κ2) is 5.20. The van der Waals surface area contributed by atoms with Gasteiger partial charge in [0.1, 0.15) is 0 Å². The zero-order valence-corrected chi connectivity index (χ0v) is 12.0. The molecule has 2 aliphatic rings. The summed E-state index contributed by atoms with van der Waals surface area (Å²) in [4.78, 5) is 25.4. The average Bonchev–Trinajstić information content (AvgIpc) is 2.84. The van der Waals surface area contributed by atoms with Crippen LogP contribution in [0.4, 0.5) is 5.69 Å². The Kier molecular flexibility index (Phi) is 3.37. The molecule has 108 valence electrons. The molecular weight excluding hydrogens is 264 g/mol. The quantitative estimate of drug-likeness (QED) is 0.864. The van der Waals surface area contributed by atoms with Gasteiger partial charge in [-0.1, -0.05) is 24.3 Å². The Balaban J connectivity index is 1.80. The molecule has 3 rings (SSSR count). The van der Waals surface area contributed by atoms with Crippen LogP contribution in [0.5, 0.6) is 0 Å². The van der Waals surface area contributed by atoms with Crippen LogP contribution in [0.25, 0.3) is 0 Å². The molecule has 4 nitrogen and oxygen atoms in total. The van der Waals surface area contributed by atoms with Crippen LogP contribution in [0.2, 0.25) is 0 Å². The first kappa shape index (κ1) is 13.6. The molecule has 1 aromatic rings. The average molecular weight is 282 g/mol. The Morgan fingerprint density at radius 2 is 1.86 bits per heavy atom. The maximum Gasteiger partial charge on any atom is 0.254 e. The topological polar surface area (TPSA) is 63.4 Å². The van der Waals surface area contributed by atoms with E-state index in [-0.39, 0.29) is 17.7 Å². The molecule has 2 N–H and O–H groups in total. The monoisotopic (exact) mass is 282 g/mol. The number of hydrogen-bond donors (Lipinski definition) is 1. The fraction of sp³-hybridized carbons (Fsp3) is 0.294. The van der Waals surface area contributed by atoms with Gasteiger partial charge >= 0.3 is 0 Å². The van der Waals surface area contributed by atoms with E-state index in [1.807, 2.05) is 24.3 Å². The molecule has 0 bridgehead atoms. The number of rotatable bonds is 3. The number of nitrogens with two attached hydrogens (primary N) is 1. The summed E-state index contributed by atoms with van der Waals surface area (Å²) in [6.07, 6.45) is 5.78. The van der Waals surface area contributed by atoms with E-state index in [0.29, 0.717) is 6.54 Å². The van der Waals surface area contributed by atoms with Gasteiger partial charge in [-0.25, -0.2) is 0 Å². The third-order valence-electron chi connectivity index (χ3n) is 4.26. The summed E-state index contributed by atoms with van der Waals surface area (Å²) >= 11 is 0. The molecule has 0 spiro atoms. The van der Waals surface area contributed by atoms with Crippen LogP contribution in [-0.4, -0.2) is 18.4 Å². The lowest BCUT2D eigenvalue weighted by Crippen LogP contribution is -2.26. The van der Waals surface area contributed by atoms with E-state index in [1.54, 1.807) is 11.8 Å².